The summed E-state index contributed by atoms with van der Waals surface area (Å²) in [4.78, 5) is 0.987. The van der Waals surface area contributed by atoms with Crippen molar-refractivity contribution >= 4 is 11.8 Å². The molecule has 0 aliphatic rings. The van der Waals surface area contributed by atoms with Crippen LogP contribution in [0.5, 0.6) is 0 Å². The summed E-state index contributed by atoms with van der Waals surface area (Å²) in [7, 11) is 1.97. The van der Waals surface area contributed by atoms with Gasteiger partial charge in [-0.15, -0.1) is 18.3 Å². The molecule has 0 saturated carbocycles. The van der Waals surface area contributed by atoms with Gasteiger partial charge in [-0.1, -0.05) is 11.6 Å². The summed E-state index contributed by atoms with van der Waals surface area (Å²) in [5.41, 5.74) is 1.21. The zero-order valence-electron chi connectivity index (χ0n) is 10.5. The fourth-order valence-electron chi connectivity index (χ4n) is 1.49. The maximum absolute atomic E-state index is 13.0. The number of hydrogen-bond donors (Lipinski definition) is 1. The number of allylic oxidation sites excluding steroid dienone is 1. The van der Waals surface area contributed by atoms with E-state index in [1.807, 2.05) is 20.0 Å². The summed E-state index contributed by atoms with van der Waals surface area (Å²) in [6.45, 7) is 5.96. The third-order valence-electron chi connectivity index (χ3n) is 2.58. The Hall–Kier alpha value is -0.800. The number of halogens is 1. The molecule has 0 saturated heterocycles. The van der Waals surface area contributed by atoms with E-state index in [0.29, 0.717) is 6.04 Å². The molecular weight excluding hydrogens is 233 g/mol. The molecule has 0 radical (unpaired) electrons. The fraction of sp³-hybridized carbons (Fsp3) is 0.429. The second-order valence-corrected chi connectivity index (χ2v) is 5.34. The number of benzene rings is 1. The van der Waals surface area contributed by atoms with Gasteiger partial charge in [0.1, 0.15) is 5.82 Å². The quantitative estimate of drug-likeness (QED) is 0.585. The van der Waals surface area contributed by atoms with Gasteiger partial charge in [0.15, 0.2) is 0 Å². The minimum Gasteiger partial charge on any atom is -0.316 e. The van der Waals surface area contributed by atoms with Crippen LogP contribution in [0.3, 0.4) is 0 Å². The number of nitrogens with one attached hydrogen (secondary N) is 1. The molecule has 0 aromatic heterocycles. The van der Waals surface area contributed by atoms with Crippen molar-refractivity contribution in [3.63, 3.8) is 0 Å². The van der Waals surface area contributed by atoms with E-state index < -0.39 is 0 Å². The molecule has 3 heteroatoms. The van der Waals surface area contributed by atoms with Crippen molar-refractivity contribution in [2.75, 3.05) is 12.8 Å². The van der Waals surface area contributed by atoms with Crippen LogP contribution in [0, 0.1) is 5.82 Å². The van der Waals surface area contributed by atoms with Gasteiger partial charge in [0.05, 0.1) is 0 Å². The molecule has 1 atom stereocenters. The van der Waals surface area contributed by atoms with Gasteiger partial charge in [0.25, 0.3) is 0 Å². The molecule has 0 aliphatic carbocycles. The number of thioether (sulfide) groups is 1. The van der Waals surface area contributed by atoms with E-state index in [9.17, 15) is 4.39 Å². The largest absolute Gasteiger partial charge is 0.316 e. The summed E-state index contributed by atoms with van der Waals surface area (Å²) >= 11 is 1.69. The Labute approximate surface area is 107 Å². The Morgan fingerprint density at radius 2 is 2.29 bits per heavy atom. The predicted molar refractivity (Wildman–Crippen MR) is 74.0 cm³/mol. The summed E-state index contributed by atoms with van der Waals surface area (Å²) in [5, 5.41) is 3.29. The van der Waals surface area contributed by atoms with E-state index in [4.69, 9.17) is 0 Å². The first-order valence-electron chi connectivity index (χ1n) is 5.82. The first kappa shape index (κ1) is 14.3. The maximum Gasteiger partial charge on any atom is 0.124 e. The van der Waals surface area contributed by atoms with Gasteiger partial charge in [-0.2, -0.15) is 0 Å². The molecule has 1 rings (SSSR count). The summed E-state index contributed by atoms with van der Waals surface area (Å²) < 4.78 is 13.0. The van der Waals surface area contributed by atoms with Crippen LogP contribution in [0.4, 0.5) is 4.39 Å². The van der Waals surface area contributed by atoms with Crippen LogP contribution in [-0.2, 0) is 0 Å². The minimum atomic E-state index is -0.169. The molecule has 0 spiro atoms. The molecule has 0 aliphatic heterocycles. The molecule has 0 bridgehead atoms. The van der Waals surface area contributed by atoms with Gasteiger partial charge in [0, 0.05) is 16.7 Å². The van der Waals surface area contributed by atoms with E-state index in [1.165, 1.54) is 11.6 Å². The second-order valence-electron chi connectivity index (χ2n) is 4.25. The van der Waals surface area contributed by atoms with Crippen LogP contribution in [0.25, 0.3) is 0 Å². The molecule has 1 aromatic rings. The SMILES string of the molecule is C=C(C)CCC(CSc1cccc(F)c1)NC. The van der Waals surface area contributed by atoms with Crippen molar-refractivity contribution in [1.82, 2.24) is 5.32 Å². The molecule has 17 heavy (non-hydrogen) atoms. The van der Waals surface area contributed by atoms with Crippen molar-refractivity contribution in [1.29, 1.82) is 0 Å². The van der Waals surface area contributed by atoms with E-state index in [2.05, 4.69) is 11.9 Å². The highest BCUT2D eigenvalue weighted by molar-refractivity contribution is 7.99. The molecule has 1 unspecified atom stereocenters. The highest BCUT2D eigenvalue weighted by Gasteiger charge is 2.07. The van der Waals surface area contributed by atoms with E-state index >= 15 is 0 Å². The van der Waals surface area contributed by atoms with E-state index in [-0.39, 0.29) is 5.82 Å². The van der Waals surface area contributed by atoms with Crippen molar-refractivity contribution < 1.29 is 4.39 Å². The van der Waals surface area contributed by atoms with Crippen LogP contribution < -0.4 is 5.32 Å². The van der Waals surface area contributed by atoms with Crippen molar-refractivity contribution in [2.45, 2.75) is 30.7 Å². The van der Waals surface area contributed by atoms with Gasteiger partial charge in [-0.3, -0.25) is 0 Å². The minimum absolute atomic E-state index is 0.169. The first-order chi connectivity index (χ1) is 8.11. The Morgan fingerprint density at radius 1 is 1.53 bits per heavy atom. The van der Waals surface area contributed by atoms with Crippen LogP contribution in [0.2, 0.25) is 0 Å². The maximum atomic E-state index is 13.0. The van der Waals surface area contributed by atoms with Crippen LogP contribution in [0.15, 0.2) is 41.3 Å². The lowest BCUT2D eigenvalue weighted by atomic mass is 10.1. The van der Waals surface area contributed by atoms with Crippen LogP contribution in [0.1, 0.15) is 19.8 Å². The number of hydrogen-bond acceptors (Lipinski definition) is 2. The fourth-order valence-corrected chi connectivity index (χ4v) is 2.58. The molecule has 0 heterocycles. The van der Waals surface area contributed by atoms with E-state index in [0.717, 1.165) is 23.5 Å². The molecule has 1 aromatic carbocycles. The van der Waals surface area contributed by atoms with Crippen molar-refractivity contribution in [3.8, 4) is 0 Å². The van der Waals surface area contributed by atoms with Crippen LogP contribution in [-0.4, -0.2) is 18.8 Å². The van der Waals surface area contributed by atoms with Gasteiger partial charge in [-0.25, -0.2) is 4.39 Å². The Kier molecular flexibility index (Phi) is 6.30. The lowest BCUT2D eigenvalue weighted by Gasteiger charge is -2.15. The van der Waals surface area contributed by atoms with Gasteiger partial charge >= 0.3 is 0 Å². The zero-order valence-corrected chi connectivity index (χ0v) is 11.3. The summed E-state index contributed by atoms with van der Waals surface area (Å²) in [6.07, 6.45) is 2.11. The Bertz CT molecular complexity index is 365. The lowest BCUT2D eigenvalue weighted by molar-refractivity contribution is 0.571. The standard InChI is InChI=1S/C14H20FNS/c1-11(2)7-8-13(16-3)10-17-14-6-4-5-12(15)9-14/h4-6,9,13,16H,1,7-8,10H2,2-3H3. The number of rotatable bonds is 7. The topological polar surface area (TPSA) is 12.0 Å². The Morgan fingerprint density at radius 3 is 2.88 bits per heavy atom. The molecular formula is C14H20FNS. The lowest BCUT2D eigenvalue weighted by Crippen LogP contribution is -2.27. The molecule has 0 amide bonds. The molecule has 94 valence electrons. The average molecular weight is 253 g/mol. The predicted octanol–water partition coefficient (Wildman–Crippen LogP) is 3.86. The summed E-state index contributed by atoms with van der Waals surface area (Å²) in [5.74, 6) is 0.783. The highest BCUT2D eigenvalue weighted by atomic mass is 32.2. The third-order valence-corrected chi connectivity index (χ3v) is 3.73. The van der Waals surface area contributed by atoms with Gasteiger partial charge < -0.3 is 5.32 Å². The molecule has 0 fully saturated rings. The van der Waals surface area contributed by atoms with E-state index in [1.54, 1.807) is 23.9 Å². The molecule has 1 N–H and O–H groups in total. The van der Waals surface area contributed by atoms with Crippen molar-refractivity contribution in [2.24, 2.45) is 0 Å². The second kappa shape index (κ2) is 7.51. The Balaban J connectivity index is 2.39. The first-order valence-corrected chi connectivity index (χ1v) is 6.80. The smallest absolute Gasteiger partial charge is 0.124 e. The zero-order chi connectivity index (χ0) is 12.7. The van der Waals surface area contributed by atoms with Crippen molar-refractivity contribution in [3.05, 3.63) is 42.2 Å². The van der Waals surface area contributed by atoms with Gasteiger partial charge in [0.2, 0.25) is 0 Å². The highest BCUT2D eigenvalue weighted by Crippen LogP contribution is 2.21. The van der Waals surface area contributed by atoms with Gasteiger partial charge in [-0.05, 0) is 45.0 Å². The monoisotopic (exact) mass is 253 g/mol. The third kappa shape index (κ3) is 5.89. The van der Waals surface area contributed by atoms with Crippen LogP contribution >= 0.6 is 11.8 Å². The average Bonchev–Trinajstić information content (AvgIpc) is 2.29. The molecule has 1 nitrogen and oxygen atoms in total. The normalized spacial score (nSPS) is 12.4. The summed E-state index contributed by atoms with van der Waals surface area (Å²) in [6, 6.07) is 7.19.